The highest BCUT2D eigenvalue weighted by molar-refractivity contribution is 7.18. The number of benzene rings is 2. The molecule has 0 aliphatic rings. The van der Waals surface area contributed by atoms with Crippen molar-refractivity contribution in [2.24, 2.45) is 0 Å². The van der Waals surface area contributed by atoms with Crippen LogP contribution in [-0.4, -0.2) is 14.1 Å². The van der Waals surface area contributed by atoms with Crippen LogP contribution in [0.4, 0.5) is 5.69 Å². The van der Waals surface area contributed by atoms with Crippen LogP contribution in [0.3, 0.4) is 0 Å². The van der Waals surface area contributed by atoms with Crippen LogP contribution in [-0.2, 0) is 6.54 Å². The Labute approximate surface area is 176 Å². The molecule has 0 aliphatic heterocycles. The fourth-order valence-electron chi connectivity index (χ4n) is 2.69. The average molecular weight is 435 g/mol. The SMILES string of the molecule is CC[n+]1c(/C=C/C=C/c2ccc(N(C)C)cc2)sc2ccccc21.[O-][Cl+3]([O-])([O-])[O-]. The molecule has 29 heavy (non-hydrogen) atoms. The van der Waals surface area contributed by atoms with Crippen LogP contribution in [0.5, 0.6) is 0 Å². The number of hydrogen-bond donors (Lipinski definition) is 0. The third-order valence-electron chi connectivity index (χ3n) is 4.00. The predicted molar refractivity (Wildman–Crippen MR) is 107 cm³/mol. The number of halogens is 1. The van der Waals surface area contributed by atoms with Crippen molar-refractivity contribution in [1.82, 2.24) is 0 Å². The molecule has 3 aromatic rings. The summed E-state index contributed by atoms with van der Waals surface area (Å²) in [5, 5.41) is 1.28. The molecular formula is C21H23ClN2O4S. The Morgan fingerprint density at radius 2 is 1.52 bits per heavy atom. The van der Waals surface area contributed by atoms with Crippen molar-refractivity contribution in [2.45, 2.75) is 13.5 Å². The molecule has 0 spiro atoms. The van der Waals surface area contributed by atoms with Gasteiger partial charge < -0.3 is 4.90 Å². The molecule has 0 saturated carbocycles. The minimum Gasteiger partial charge on any atom is -0.378 e. The number of aryl methyl sites for hydroxylation is 1. The van der Waals surface area contributed by atoms with Gasteiger partial charge in [-0.2, -0.15) is 4.57 Å². The fraction of sp³-hybridized carbons (Fsp3) is 0.190. The molecule has 154 valence electrons. The standard InChI is InChI=1S/C21H23N2S.ClHO4/c1-4-23-19-10-6-7-11-20(19)24-21(23)12-8-5-9-17-13-15-18(16-14-17)22(2)3;2-1(3,4)5/h5-16H,4H2,1-3H3;(H,2,3,4,5)/q+1;/p-1. The van der Waals surface area contributed by atoms with Gasteiger partial charge in [0, 0.05) is 31.9 Å². The zero-order valence-corrected chi connectivity index (χ0v) is 18.0. The van der Waals surface area contributed by atoms with Gasteiger partial charge in [0.15, 0.2) is 0 Å². The molecule has 0 radical (unpaired) electrons. The summed E-state index contributed by atoms with van der Waals surface area (Å²) in [7, 11) is -0.830. The van der Waals surface area contributed by atoms with Crippen LogP contribution in [0.2, 0.25) is 0 Å². The highest BCUT2D eigenvalue weighted by Crippen LogP contribution is 2.21. The van der Waals surface area contributed by atoms with Gasteiger partial charge in [-0.3, -0.25) is 0 Å². The van der Waals surface area contributed by atoms with Gasteiger partial charge in [-0.1, -0.05) is 53.8 Å². The zero-order valence-electron chi connectivity index (χ0n) is 16.4. The highest BCUT2D eigenvalue weighted by Gasteiger charge is 2.15. The van der Waals surface area contributed by atoms with E-state index in [1.807, 2.05) is 11.3 Å². The lowest BCUT2D eigenvalue weighted by atomic mass is 10.2. The first-order valence-corrected chi connectivity index (χ1v) is 10.9. The highest BCUT2D eigenvalue weighted by atomic mass is 35.7. The molecule has 0 bridgehead atoms. The van der Waals surface area contributed by atoms with E-state index < -0.39 is 10.2 Å². The van der Waals surface area contributed by atoms with E-state index in [0.29, 0.717) is 0 Å². The number of rotatable bonds is 5. The first-order valence-electron chi connectivity index (χ1n) is 8.84. The van der Waals surface area contributed by atoms with Crippen molar-refractivity contribution in [1.29, 1.82) is 0 Å². The molecule has 1 heterocycles. The summed E-state index contributed by atoms with van der Waals surface area (Å²) in [4.78, 5) is 2.11. The molecular weight excluding hydrogens is 412 g/mol. The summed E-state index contributed by atoms with van der Waals surface area (Å²) in [6.45, 7) is 3.18. The summed E-state index contributed by atoms with van der Waals surface area (Å²) >= 11 is 1.84. The second-order valence-corrected chi connectivity index (χ2v) is 8.05. The molecule has 0 amide bonds. The second kappa shape index (κ2) is 10.5. The topological polar surface area (TPSA) is 99.4 Å². The van der Waals surface area contributed by atoms with Crippen molar-refractivity contribution >= 4 is 39.4 Å². The number of allylic oxidation sites excluding steroid dienone is 2. The maximum absolute atomic E-state index is 8.49. The Balaban J connectivity index is 0.000000537. The zero-order chi connectivity index (χ0) is 21.4. The molecule has 0 unspecified atom stereocenters. The Morgan fingerprint density at radius 1 is 0.931 bits per heavy atom. The normalized spacial score (nSPS) is 11.8. The number of para-hydroxylation sites is 1. The van der Waals surface area contributed by atoms with E-state index in [9.17, 15) is 0 Å². The second-order valence-electron chi connectivity index (χ2n) is 6.23. The Bertz CT molecular complexity index is 971. The van der Waals surface area contributed by atoms with E-state index in [1.165, 1.54) is 26.5 Å². The first-order chi connectivity index (χ1) is 13.7. The first kappa shape index (κ1) is 23.0. The molecule has 0 atom stereocenters. The summed E-state index contributed by atoms with van der Waals surface area (Å²) in [6, 6.07) is 17.1. The van der Waals surface area contributed by atoms with Gasteiger partial charge in [-0.15, -0.1) is 10.2 Å². The molecule has 0 fully saturated rings. The maximum atomic E-state index is 8.49. The van der Waals surface area contributed by atoms with E-state index in [0.717, 1.165) is 6.54 Å². The number of fused-ring (bicyclic) bond motifs is 1. The van der Waals surface area contributed by atoms with Crippen LogP contribution >= 0.6 is 11.3 Å². The van der Waals surface area contributed by atoms with Crippen LogP contribution in [0.25, 0.3) is 22.4 Å². The van der Waals surface area contributed by atoms with Crippen LogP contribution in [0, 0.1) is 10.2 Å². The summed E-state index contributed by atoms with van der Waals surface area (Å²) in [6.07, 6.45) is 8.56. The van der Waals surface area contributed by atoms with E-state index in [2.05, 4.69) is 103 Å². The lowest BCUT2D eigenvalue weighted by Gasteiger charge is -2.17. The van der Waals surface area contributed by atoms with Crippen molar-refractivity contribution < 1.29 is 33.4 Å². The van der Waals surface area contributed by atoms with E-state index in [1.54, 1.807) is 0 Å². The molecule has 0 aliphatic carbocycles. The fourth-order valence-corrected chi connectivity index (χ4v) is 3.83. The third-order valence-corrected chi connectivity index (χ3v) is 5.13. The van der Waals surface area contributed by atoms with Gasteiger partial charge in [-0.05, 0) is 30.7 Å². The van der Waals surface area contributed by atoms with Gasteiger partial charge in [0.2, 0.25) is 5.52 Å². The average Bonchev–Trinajstić information content (AvgIpc) is 3.01. The molecule has 6 nitrogen and oxygen atoms in total. The van der Waals surface area contributed by atoms with Gasteiger partial charge >= 0.3 is 0 Å². The molecule has 0 saturated heterocycles. The predicted octanol–water partition coefficient (Wildman–Crippen LogP) is 0.245. The number of anilines is 1. The van der Waals surface area contributed by atoms with Crippen molar-refractivity contribution in [2.75, 3.05) is 19.0 Å². The van der Waals surface area contributed by atoms with Crippen molar-refractivity contribution in [3.63, 3.8) is 0 Å². The molecule has 0 N–H and O–H groups in total. The third kappa shape index (κ3) is 7.58. The Morgan fingerprint density at radius 3 is 2.10 bits per heavy atom. The van der Waals surface area contributed by atoms with E-state index >= 15 is 0 Å². The minimum atomic E-state index is -4.94. The largest absolute Gasteiger partial charge is 0.378 e. The van der Waals surface area contributed by atoms with Crippen LogP contribution < -0.4 is 28.1 Å². The quantitative estimate of drug-likeness (QED) is 0.423. The van der Waals surface area contributed by atoms with E-state index in [-0.39, 0.29) is 0 Å². The van der Waals surface area contributed by atoms with Gasteiger partial charge in [0.25, 0.3) is 5.01 Å². The minimum absolute atomic E-state index is 0.986. The number of thiazole rings is 1. The number of nitrogens with zero attached hydrogens (tertiary/aromatic N) is 2. The molecule has 8 heteroatoms. The molecule has 1 aromatic heterocycles. The lowest BCUT2D eigenvalue weighted by Crippen LogP contribution is -2.68. The summed E-state index contributed by atoms with van der Waals surface area (Å²) in [5.41, 5.74) is 3.75. The Kier molecular flexibility index (Phi) is 8.33. The molecule has 2 aromatic carbocycles. The monoisotopic (exact) mass is 434 g/mol. The lowest BCUT2D eigenvalue weighted by molar-refractivity contribution is -2.00. The smallest absolute Gasteiger partial charge is 0.262 e. The van der Waals surface area contributed by atoms with Crippen molar-refractivity contribution in [3.05, 3.63) is 71.3 Å². The van der Waals surface area contributed by atoms with E-state index in [4.69, 9.17) is 18.6 Å². The number of hydrogen-bond acceptors (Lipinski definition) is 6. The summed E-state index contributed by atoms with van der Waals surface area (Å²) < 4.78 is 37.7. The van der Waals surface area contributed by atoms with Crippen LogP contribution in [0.1, 0.15) is 17.5 Å². The van der Waals surface area contributed by atoms with Crippen LogP contribution in [0.15, 0.2) is 60.7 Å². The van der Waals surface area contributed by atoms with Crippen molar-refractivity contribution in [3.8, 4) is 0 Å². The number of aromatic nitrogens is 1. The Hall–Kier alpha value is -2.26. The molecule has 3 rings (SSSR count). The maximum Gasteiger partial charge on any atom is 0.262 e. The van der Waals surface area contributed by atoms with Gasteiger partial charge in [0.05, 0.1) is 0 Å². The van der Waals surface area contributed by atoms with Gasteiger partial charge in [-0.25, -0.2) is 18.6 Å². The van der Waals surface area contributed by atoms with Gasteiger partial charge in [0.1, 0.15) is 11.2 Å². The summed E-state index contributed by atoms with van der Waals surface area (Å²) in [5.74, 6) is 0.